The SMILES string of the molecule is COC(=O)[C]1C[C@@H](C)[C@H]2[C](O1)[C@H](O)[C@@]1(C)[C]3CC[C@H]4C(C)(C)C(O)CC[C@@]45C[C@@]35CC[C@]21C. The van der Waals surface area contributed by atoms with Crippen LogP contribution in [0.2, 0.25) is 0 Å². The van der Waals surface area contributed by atoms with Crippen LogP contribution in [0.3, 0.4) is 0 Å². The summed E-state index contributed by atoms with van der Waals surface area (Å²) in [6.45, 7) is 11.5. The Morgan fingerprint density at radius 2 is 1.82 bits per heavy atom. The Kier molecular flexibility index (Phi) is 4.53. The predicted molar refractivity (Wildman–Crippen MR) is 123 cm³/mol. The van der Waals surface area contributed by atoms with Crippen molar-refractivity contribution in [3.05, 3.63) is 18.1 Å². The molecule has 5 nitrogen and oxygen atoms in total. The van der Waals surface area contributed by atoms with Crippen molar-refractivity contribution in [2.75, 3.05) is 7.11 Å². The summed E-state index contributed by atoms with van der Waals surface area (Å²) >= 11 is 0. The van der Waals surface area contributed by atoms with Gasteiger partial charge in [-0.15, -0.1) is 0 Å². The molecule has 1 saturated heterocycles. The standard InChI is InChI=1S/C28H41O5/c1-15-13-16(23(31)32-6)33-21-20(15)25(4)11-12-28-14-27(28)10-9-19(29)24(2,3)17(27)7-8-18(28)26(25,5)22(21)30/h15,17,19-20,22,29-30H,7-14H2,1-6H3/t15-,17+,19?,20+,22+,25-,26-,27-,28+/m1/s1. The minimum absolute atomic E-state index is 0.0477. The van der Waals surface area contributed by atoms with E-state index in [9.17, 15) is 15.0 Å². The van der Waals surface area contributed by atoms with Crippen molar-refractivity contribution in [2.45, 2.75) is 98.2 Å². The number of rotatable bonds is 1. The van der Waals surface area contributed by atoms with Crippen LogP contribution in [0.15, 0.2) is 0 Å². The molecule has 1 unspecified atom stereocenters. The van der Waals surface area contributed by atoms with Gasteiger partial charge in [0.1, 0.15) is 6.10 Å². The quantitative estimate of drug-likeness (QED) is 0.562. The molecule has 9 atom stereocenters. The van der Waals surface area contributed by atoms with E-state index in [0.717, 1.165) is 32.1 Å². The molecule has 1 heterocycles. The van der Waals surface area contributed by atoms with Gasteiger partial charge in [-0.25, -0.2) is 4.79 Å². The van der Waals surface area contributed by atoms with Gasteiger partial charge in [0.15, 0.2) is 0 Å². The van der Waals surface area contributed by atoms with Gasteiger partial charge in [-0.05, 0) is 90.8 Å². The van der Waals surface area contributed by atoms with Gasteiger partial charge in [0.2, 0.25) is 6.10 Å². The molecule has 0 bridgehead atoms. The monoisotopic (exact) mass is 457 g/mol. The first-order valence-corrected chi connectivity index (χ1v) is 13.1. The number of hydrogen-bond donors (Lipinski definition) is 2. The van der Waals surface area contributed by atoms with Gasteiger partial charge < -0.3 is 19.7 Å². The third-order valence-electron chi connectivity index (χ3n) is 12.4. The number of aliphatic hydroxyl groups excluding tert-OH is 2. The molecule has 0 aromatic rings. The average molecular weight is 458 g/mol. The van der Waals surface area contributed by atoms with E-state index in [-0.39, 0.29) is 39.6 Å². The Morgan fingerprint density at radius 1 is 1.09 bits per heavy atom. The van der Waals surface area contributed by atoms with Gasteiger partial charge in [-0.3, -0.25) is 0 Å². The van der Waals surface area contributed by atoms with Crippen LogP contribution in [0.5, 0.6) is 0 Å². The van der Waals surface area contributed by atoms with Crippen LogP contribution in [-0.4, -0.2) is 35.5 Å². The number of aliphatic hydroxyl groups is 2. The number of carbonyl (C=O) groups is 1. The minimum atomic E-state index is -0.696. The lowest BCUT2D eigenvalue weighted by atomic mass is 9.41. The van der Waals surface area contributed by atoms with E-state index in [0.29, 0.717) is 30.0 Å². The summed E-state index contributed by atoms with van der Waals surface area (Å²) < 4.78 is 11.2. The zero-order valence-electron chi connectivity index (χ0n) is 21.2. The third kappa shape index (κ3) is 2.34. The molecule has 3 radical (unpaired) electrons. The van der Waals surface area contributed by atoms with E-state index < -0.39 is 12.1 Å². The van der Waals surface area contributed by atoms with E-state index in [1.807, 2.05) is 0 Å². The van der Waals surface area contributed by atoms with Crippen molar-refractivity contribution in [1.29, 1.82) is 0 Å². The molecule has 5 heteroatoms. The molecule has 1 aliphatic heterocycles. The van der Waals surface area contributed by atoms with Crippen LogP contribution in [0.4, 0.5) is 0 Å². The average Bonchev–Trinajstić information content (AvgIpc) is 3.41. The van der Waals surface area contributed by atoms with Crippen LogP contribution in [0, 0.1) is 63.0 Å². The summed E-state index contributed by atoms with van der Waals surface area (Å²) in [5.74, 6) is 2.09. The molecule has 5 saturated carbocycles. The first kappa shape index (κ1) is 22.8. The Labute approximate surface area is 199 Å². The van der Waals surface area contributed by atoms with E-state index in [4.69, 9.17) is 9.47 Å². The van der Waals surface area contributed by atoms with E-state index in [2.05, 4.69) is 34.6 Å². The molecule has 6 aliphatic rings. The first-order chi connectivity index (χ1) is 15.4. The Bertz CT molecular complexity index is 870. The second kappa shape index (κ2) is 6.56. The van der Waals surface area contributed by atoms with Gasteiger partial charge in [0, 0.05) is 11.3 Å². The van der Waals surface area contributed by atoms with Crippen LogP contribution >= 0.6 is 0 Å². The summed E-state index contributed by atoms with van der Waals surface area (Å²) in [4.78, 5) is 12.3. The highest BCUT2D eigenvalue weighted by Gasteiger charge is 2.85. The maximum Gasteiger partial charge on any atom is 0.341 e. The fourth-order valence-electron chi connectivity index (χ4n) is 10.7. The highest BCUT2D eigenvalue weighted by Crippen LogP contribution is 2.90. The lowest BCUT2D eigenvalue weighted by Gasteiger charge is -2.63. The fourth-order valence-corrected chi connectivity index (χ4v) is 10.7. The van der Waals surface area contributed by atoms with Crippen molar-refractivity contribution in [1.82, 2.24) is 0 Å². The molecule has 6 rings (SSSR count). The molecule has 183 valence electrons. The molecule has 0 amide bonds. The molecular weight excluding hydrogens is 416 g/mol. The van der Waals surface area contributed by atoms with Crippen molar-refractivity contribution < 1.29 is 24.5 Å². The van der Waals surface area contributed by atoms with Crippen molar-refractivity contribution in [2.24, 2.45) is 44.8 Å². The van der Waals surface area contributed by atoms with Gasteiger partial charge in [0.05, 0.1) is 19.3 Å². The first-order valence-electron chi connectivity index (χ1n) is 13.1. The van der Waals surface area contributed by atoms with E-state index >= 15 is 0 Å². The largest absolute Gasteiger partial charge is 0.467 e. The van der Waals surface area contributed by atoms with Gasteiger partial charge >= 0.3 is 5.97 Å². The van der Waals surface area contributed by atoms with Crippen LogP contribution in [0.25, 0.3) is 0 Å². The summed E-state index contributed by atoms with van der Waals surface area (Å²) in [6, 6.07) is 0. The number of methoxy groups -OCH3 is 1. The maximum absolute atomic E-state index is 12.3. The molecule has 33 heavy (non-hydrogen) atoms. The summed E-state index contributed by atoms with van der Waals surface area (Å²) in [7, 11) is 1.39. The number of carbonyl (C=O) groups excluding carboxylic acids is 1. The van der Waals surface area contributed by atoms with E-state index in [1.54, 1.807) is 5.92 Å². The summed E-state index contributed by atoms with van der Waals surface area (Å²) in [5.41, 5.74) is 0.0216. The number of ether oxygens (including phenoxy) is 2. The van der Waals surface area contributed by atoms with Gasteiger partial charge in [-0.1, -0.05) is 34.6 Å². The predicted octanol–water partition coefficient (Wildman–Crippen LogP) is 4.62. The van der Waals surface area contributed by atoms with Crippen molar-refractivity contribution >= 4 is 5.97 Å². The number of fused-ring (bicyclic) bond motifs is 4. The van der Waals surface area contributed by atoms with Crippen LogP contribution in [-0.2, 0) is 14.3 Å². The van der Waals surface area contributed by atoms with Crippen LogP contribution in [0.1, 0.15) is 86.0 Å². The Hall–Kier alpha value is -0.650. The molecule has 2 spiro atoms. The Morgan fingerprint density at radius 3 is 2.52 bits per heavy atom. The molecule has 2 N–H and O–H groups in total. The van der Waals surface area contributed by atoms with Crippen LogP contribution < -0.4 is 0 Å². The second-order valence-corrected chi connectivity index (χ2v) is 13.5. The van der Waals surface area contributed by atoms with Crippen molar-refractivity contribution in [3.8, 4) is 0 Å². The summed E-state index contributed by atoms with van der Waals surface area (Å²) in [6.07, 6.45) is 8.35. The zero-order valence-corrected chi connectivity index (χ0v) is 21.2. The highest BCUT2D eigenvalue weighted by atomic mass is 16.6. The second-order valence-electron chi connectivity index (χ2n) is 13.5. The lowest BCUT2D eigenvalue weighted by molar-refractivity contribution is -0.150. The molecule has 5 aliphatic carbocycles. The summed E-state index contributed by atoms with van der Waals surface area (Å²) in [5, 5.41) is 22.8. The van der Waals surface area contributed by atoms with E-state index in [1.165, 1.54) is 20.0 Å². The maximum atomic E-state index is 12.3. The minimum Gasteiger partial charge on any atom is -0.467 e. The zero-order chi connectivity index (χ0) is 23.8. The van der Waals surface area contributed by atoms with Crippen molar-refractivity contribution in [3.63, 3.8) is 0 Å². The number of hydrogen-bond acceptors (Lipinski definition) is 5. The lowest BCUT2D eigenvalue weighted by Crippen LogP contribution is -2.58. The smallest absolute Gasteiger partial charge is 0.341 e. The molecule has 0 aromatic carbocycles. The normalized spacial score (nSPS) is 55.6. The fraction of sp³-hybridized carbons (Fsp3) is 0.857. The Balaban J connectivity index is 1.39. The number of esters is 1. The van der Waals surface area contributed by atoms with Gasteiger partial charge in [-0.2, -0.15) is 0 Å². The molecular formula is C28H41O5. The third-order valence-corrected chi connectivity index (χ3v) is 12.4. The molecule has 6 fully saturated rings. The highest BCUT2D eigenvalue weighted by molar-refractivity contribution is 5.83. The topological polar surface area (TPSA) is 76.0 Å². The van der Waals surface area contributed by atoms with Gasteiger partial charge in [0.25, 0.3) is 0 Å². The molecule has 0 aromatic heterocycles.